The van der Waals surface area contributed by atoms with Crippen molar-refractivity contribution in [3.63, 3.8) is 0 Å². The number of rotatable bonds is 14. The molecule has 0 amide bonds. The molecule has 1 aromatic carbocycles. The maximum atomic E-state index is 14.1. The summed E-state index contributed by atoms with van der Waals surface area (Å²) in [6, 6.07) is 6.81. The lowest BCUT2D eigenvalue weighted by atomic mass is 9.92. The Labute approximate surface area is 182 Å². The molecule has 0 unspecified atom stereocenters. The second-order valence-corrected chi connectivity index (χ2v) is 7.45. The molecule has 0 fully saturated rings. The van der Waals surface area contributed by atoms with E-state index in [4.69, 9.17) is 9.47 Å². The predicted octanol–water partition coefficient (Wildman–Crippen LogP) is 5.71. The number of unbranched alkanes of at least 4 members (excludes halogenated alkanes) is 4. The van der Waals surface area contributed by atoms with Gasteiger partial charge in [-0.1, -0.05) is 56.5 Å². The number of hydrogen-bond acceptors (Lipinski definition) is 5. The van der Waals surface area contributed by atoms with Crippen molar-refractivity contribution in [1.29, 1.82) is 0 Å². The Hall–Kier alpha value is -2.09. The van der Waals surface area contributed by atoms with E-state index in [9.17, 15) is 22.8 Å². The maximum Gasteiger partial charge on any atom is 0.432 e. The van der Waals surface area contributed by atoms with Crippen LogP contribution in [0.1, 0.15) is 70.3 Å². The molecular formula is C23H33F3O5. The average molecular weight is 447 g/mol. The van der Waals surface area contributed by atoms with Crippen LogP contribution in [0.25, 0.3) is 0 Å². The smallest absolute Gasteiger partial charge is 0.432 e. The zero-order chi connectivity index (χ0) is 23.3. The minimum absolute atomic E-state index is 0.283. The zero-order valence-electron chi connectivity index (χ0n) is 18.5. The van der Waals surface area contributed by atoms with E-state index in [1.54, 1.807) is 6.07 Å². The molecule has 0 aromatic heterocycles. The quantitative estimate of drug-likeness (QED) is 0.271. The van der Waals surface area contributed by atoms with Crippen molar-refractivity contribution in [3.8, 4) is 0 Å². The number of carbonyl (C=O) groups is 2. The van der Waals surface area contributed by atoms with Gasteiger partial charge in [0.25, 0.3) is 5.60 Å². The summed E-state index contributed by atoms with van der Waals surface area (Å²) in [4.78, 5) is 24.1. The van der Waals surface area contributed by atoms with Gasteiger partial charge in [0.15, 0.2) is 0 Å². The summed E-state index contributed by atoms with van der Waals surface area (Å²) < 4.78 is 57.0. The molecular weight excluding hydrogens is 413 g/mol. The van der Waals surface area contributed by atoms with E-state index in [1.807, 2.05) is 6.92 Å². The Morgan fingerprint density at radius 1 is 0.935 bits per heavy atom. The number of halogens is 3. The molecule has 0 bridgehead atoms. The molecule has 1 aromatic rings. The van der Waals surface area contributed by atoms with Gasteiger partial charge in [-0.2, -0.15) is 13.2 Å². The molecule has 0 radical (unpaired) electrons. The van der Waals surface area contributed by atoms with Gasteiger partial charge in [0, 0.05) is 19.1 Å². The van der Waals surface area contributed by atoms with Crippen molar-refractivity contribution >= 4 is 11.9 Å². The lowest BCUT2D eigenvalue weighted by Gasteiger charge is -2.34. The van der Waals surface area contributed by atoms with Crippen LogP contribution in [0.4, 0.5) is 13.2 Å². The SMILES string of the molecule is CCCCC[C@@H](CCCCCC(=O)OC)OC(=O)[C@@](OC)(c1ccccc1)C(F)(F)F. The number of benzene rings is 1. The highest BCUT2D eigenvalue weighted by molar-refractivity contribution is 5.82. The molecule has 0 aliphatic carbocycles. The first-order chi connectivity index (χ1) is 14.7. The van der Waals surface area contributed by atoms with Crippen LogP contribution in [0.15, 0.2) is 30.3 Å². The number of methoxy groups -OCH3 is 2. The van der Waals surface area contributed by atoms with Crippen molar-refractivity contribution in [2.75, 3.05) is 14.2 Å². The van der Waals surface area contributed by atoms with Gasteiger partial charge in [-0.25, -0.2) is 4.79 Å². The predicted molar refractivity (Wildman–Crippen MR) is 110 cm³/mol. The van der Waals surface area contributed by atoms with Crippen LogP contribution >= 0.6 is 0 Å². The average Bonchev–Trinajstić information content (AvgIpc) is 2.73. The van der Waals surface area contributed by atoms with Crippen molar-refractivity contribution in [1.82, 2.24) is 0 Å². The molecule has 31 heavy (non-hydrogen) atoms. The van der Waals surface area contributed by atoms with Crippen LogP contribution < -0.4 is 0 Å². The van der Waals surface area contributed by atoms with Crippen LogP contribution in [0.2, 0.25) is 0 Å². The largest absolute Gasteiger partial charge is 0.469 e. The number of alkyl halides is 3. The molecule has 0 spiro atoms. The van der Waals surface area contributed by atoms with E-state index in [0.717, 1.165) is 26.4 Å². The monoisotopic (exact) mass is 446 g/mol. The Bertz CT molecular complexity index is 663. The number of carbonyl (C=O) groups excluding carboxylic acids is 2. The normalized spacial score (nSPS) is 14.5. The molecule has 0 N–H and O–H groups in total. The standard InChI is InChI=1S/C23H33F3O5/c1-4-5-8-15-19(16-11-7-12-17-20(27)29-2)31-21(28)22(30-3,23(24,25)26)18-13-9-6-10-14-18/h6,9-10,13-14,19H,4-5,7-8,11-12,15-17H2,1-3H3/t19-,22-/m0/s1. The van der Waals surface area contributed by atoms with E-state index >= 15 is 0 Å². The van der Waals surface area contributed by atoms with Crippen LogP contribution in [0.5, 0.6) is 0 Å². The fourth-order valence-corrected chi connectivity index (χ4v) is 3.43. The molecule has 8 heteroatoms. The Kier molecular flexibility index (Phi) is 11.6. The molecule has 0 aliphatic heterocycles. The highest BCUT2D eigenvalue weighted by Gasteiger charge is 2.64. The van der Waals surface area contributed by atoms with Gasteiger partial charge < -0.3 is 14.2 Å². The number of esters is 2. The second kappa shape index (κ2) is 13.3. The van der Waals surface area contributed by atoms with Gasteiger partial charge in [-0.05, 0) is 32.1 Å². The summed E-state index contributed by atoms with van der Waals surface area (Å²) >= 11 is 0. The molecule has 176 valence electrons. The van der Waals surface area contributed by atoms with E-state index in [1.165, 1.54) is 31.4 Å². The van der Waals surface area contributed by atoms with Gasteiger partial charge >= 0.3 is 18.1 Å². The molecule has 0 heterocycles. The molecule has 5 nitrogen and oxygen atoms in total. The first-order valence-corrected chi connectivity index (χ1v) is 10.7. The highest BCUT2D eigenvalue weighted by atomic mass is 19.4. The third kappa shape index (κ3) is 7.83. The first kappa shape index (κ1) is 26.9. The molecule has 0 saturated heterocycles. The summed E-state index contributed by atoms with van der Waals surface area (Å²) in [5.74, 6) is -1.76. The Morgan fingerprint density at radius 2 is 1.55 bits per heavy atom. The van der Waals surface area contributed by atoms with Crippen molar-refractivity contribution in [2.45, 2.75) is 82.6 Å². The summed E-state index contributed by atoms with van der Waals surface area (Å²) in [6.45, 7) is 2.02. The van der Waals surface area contributed by atoms with E-state index in [-0.39, 0.29) is 18.0 Å². The summed E-state index contributed by atoms with van der Waals surface area (Å²) in [5, 5.41) is 0. The second-order valence-electron chi connectivity index (χ2n) is 7.45. The minimum atomic E-state index is -4.99. The summed E-state index contributed by atoms with van der Waals surface area (Å²) in [5.41, 5.74) is -3.50. The lowest BCUT2D eigenvalue weighted by molar-refractivity contribution is -0.278. The van der Waals surface area contributed by atoms with Gasteiger partial charge in [0.2, 0.25) is 0 Å². The summed E-state index contributed by atoms with van der Waals surface area (Å²) in [7, 11) is 2.18. The van der Waals surface area contributed by atoms with Crippen LogP contribution in [0.3, 0.4) is 0 Å². The van der Waals surface area contributed by atoms with Gasteiger partial charge in [-0.3, -0.25) is 4.79 Å². The topological polar surface area (TPSA) is 61.8 Å². The van der Waals surface area contributed by atoms with Crippen LogP contribution in [-0.2, 0) is 29.4 Å². The number of hydrogen-bond donors (Lipinski definition) is 0. The first-order valence-electron chi connectivity index (χ1n) is 10.7. The highest BCUT2D eigenvalue weighted by Crippen LogP contribution is 2.43. The van der Waals surface area contributed by atoms with Gasteiger partial charge in [0.05, 0.1) is 7.11 Å². The third-order valence-electron chi connectivity index (χ3n) is 5.21. The molecule has 0 saturated carbocycles. The van der Waals surface area contributed by atoms with Crippen molar-refractivity contribution < 1.29 is 37.0 Å². The number of ether oxygens (including phenoxy) is 3. The molecule has 1 rings (SSSR count). The van der Waals surface area contributed by atoms with Crippen LogP contribution in [-0.4, -0.2) is 38.4 Å². The van der Waals surface area contributed by atoms with Gasteiger partial charge in [0.1, 0.15) is 6.10 Å². The van der Waals surface area contributed by atoms with E-state index in [2.05, 4.69) is 4.74 Å². The third-order valence-corrected chi connectivity index (χ3v) is 5.21. The lowest BCUT2D eigenvalue weighted by Crippen LogP contribution is -2.52. The molecule has 2 atom stereocenters. The van der Waals surface area contributed by atoms with Gasteiger partial charge in [-0.15, -0.1) is 0 Å². The van der Waals surface area contributed by atoms with E-state index in [0.29, 0.717) is 32.1 Å². The zero-order valence-corrected chi connectivity index (χ0v) is 18.5. The van der Waals surface area contributed by atoms with Crippen LogP contribution in [0, 0.1) is 0 Å². The summed E-state index contributed by atoms with van der Waals surface area (Å²) in [6.07, 6.45) is 0.0238. The Morgan fingerprint density at radius 3 is 2.06 bits per heavy atom. The molecule has 0 aliphatic rings. The Balaban J connectivity index is 2.92. The fraction of sp³-hybridized carbons (Fsp3) is 0.652. The maximum absolute atomic E-state index is 14.1. The van der Waals surface area contributed by atoms with Crippen molar-refractivity contribution in [3.05, 3.63) is 35.9 Å². The van der Waals surface area contributed by atoms with E-state index < -0.39 is 23.9 Å². The van der Waals surface area contributed by atoms with Crippen molar-refractivity contribution in [2.24, 2.45) is 0 Å². The fourth-order valence-electron chi connectivity index (χ4n) is 3.43. The minimum Gasteiger partial charge on any atom is -0.469 e.